The summed E-state index contributed by atoms with van der Waals surface area (Å²) in [6, 6.07) is 10.3. The summed E-state index contributed by atoms with van der Waals surface area (Å²) < 4.78 is 98.7. The van der Waals surface area contributed by atoms with Crippen molar-refractivity contribution in [3.8, 4) is 5.75 Å². The molecule has 3 aromatic rings. The molecule has 0 fully saturated rings. The van der Waals surface area contributed by atoms with Gasteiger partial charge in [0, 0.05) is 17.4 Å². The Bertz CT molecular complexity index is 1240. The SMILES string of the molecule is Cc1cc(C(F)(C(F)(F)F)C(F)(F)F)cc(C)c1OCc1cccc(NC(=O)c2cccnc2Cl)c1. The lowest BCUT2D eigenvalue weighted by Crippen LogP contribution is -2.50. The summed E-state index contributed by atoms with van der Waals surface area (Å²) in [5.74, 6) is -0.514. The van der Waals surface area contributed by atoms with Crippen LogP contribution in [0.2, 0.25) is 5.15 Å². The first kappa shape index (κ1) is 27.3. The third kappa shape index (κ3) is 5.40. The molecule has 0 spiro atoms. The van der Waals surface area contributed by atoms with Crippen molar-refractivity contribution in [3.63, 3.8) is 0 Å². The van der Waals surface area contributed by atoms with Crippen molar-refractivity contribution in [1.82, 2.24) is 4.98 Å². The molecule has 192 valence electrons. The van der Waals surface area contributed by atoms with E-state index in [4.69, 9.17) is 16.3 Å². The molecule has 4 nitrogen and oxygen atoms in total. The molecule has 12 heteroatoms. The molecule has 0 saturated heterocycles. The highest BCUT2D eigenvalue weighted by Gasteiger charge is 2.73. The van der Waals surface area contributed by atoms with E-state index in [1.807, 2.05) is 0 Å². The van der Waals surface area contributed by atoms with Crippen LogP contribution in [-0.4, -0.2) is 23.2 Å². The Morgan fingerprint density at radius 2 is 1.56 bits per heavy atom. The van der Waals surface area contributed by atoms with Gasteiger partial charge in [0.05, 0.1) is 5.56 Å². The number of rotatable bonds is 6. The minimum absolute atomic E-state index is 0.00188. The first-order valence-electron chi connectivity index (χ1n) is 10.2. The van der Waals surface area contributed by atoms with Crippen molar-refractivity contribution < 1.29 is 40.3 Å². The lowest BCUT2D eigenvalue weighted by molar-refractivity contribution is -0.348. The van der Waals surface area contributed by atoms with Crippen LogP contribution < -0.4 is 10.1 Å². The predicted octanol–water partition coefficient (Wildman–Crippen LogP) is 7.47. The van der Waals surface area contributed by atoms with Crippen molar-refractivity contribution in [2.45, 2.75) is 38.5 Å². The molecule has 0 aliphatic rings. The summed E-state index contributed by atoms with van der Waals surface area (Å²) in [6.07, 6.45) is -11.0. The number of amides is 1. The standard InChI is InChI=1S/C24H18ClF7N2O2/c1-13-9-16(22(26,23(27,28)29)24(30,31)32)10-14(2)19(13)36-12-15-5-3-6-17(11-15)34-21(35)18-7-4-8-33-20(18)25/h3-11H,12H2,1-2H3,(H,34,35). The number of pyridine rings is 1. The van der Waals surface area contributed by atoms with Crippen LogP contribution in [0.1, 0.15) is 32.6 Å². The molecule has 0 radical (unpaired) electrons. The second kappa shape index (κ2) is 9.96. The molecule has 0 atom stereocenters. The molecule has 1 N–H and O–H groups in total. The summed E-state index contributed by atoms with van der Waals surface area (Å²) in [7, 11) is 0. The zero-order valence-corrected chi connectivity index (χ0v) is 19.4. The average Bonchev–Trinajstić information content (AvgIpc) is 2.76. The van der Waals surface area contributed by atoms with Gasteiger partial charge in [-0.05, 0) is 66.9 Å². The van der Waals surface area contributed by atoms with Gasteiger partial charge in [-0.2, -0.15) is 26.3 Å². The Morgan fingerprint density at radius 1 is 0.944 bits per heavy atom. The summed E-state index contributed by atoms with van der Waals surface area (Å²) in [5.41, 5.74) is -6.29. The van der Waals surface area contributed by atoms with E-state index in [1.165, 1.54) is 32.2 Å². The van der Waals surface area contributed by atoms with Crippen LogP contribution in [0.4, 0.5) is 36.4 Å². The minimum atomic E-state index is -6.21. The van der Waals surface area contributed by atoms with Crippen LogP contribution in [0.15, 0.2) is 54.7 Å². The highest BCUT2D eigenvalue weighted by molar-refractivity contribution is 6.33. The van der Waals surface area contributed by atoms with E-state index in [-0.39, 0.29) is 34.2 Å². The number of ether oxygens (including phenoxy) is 1. The summed E-state index contributed by atoms with van der Waals surface area (Å²) in [5, 5.41) is 2.65. The second-order valence-electron chi connectivity index (χ2n) is 7.88. The van der Waals surface area contributed by atoms with Crippen molar-refractivity contribution in [2.75, 3.05) is 5.32 Å². The van der Waals surface area contributed by atoms with E-state index in [0.717, 1.165) is 0 Å². The first-order chi connectivity index (χ1) is 16.6. The zero-order chi connectivity index (χ0) is 26.9. The van der Waals surface area contributed by atoms with Crippen molar-refractivity contribution in [1.29, 1.82) is 0 Å². The van der Waals surface area contributed by atoms with Crippen LogP contribution >= 0.6 is 11.6 Å². The van der Waals surface area contributed by atoms with Crippen LogP contribution in [-0.2, 0) is 12.3 Å². The quantitative estimate of drug-likeness (QED) is 0.264. The van der Waals surface area contributed by atoms with Crippen LogP contribution in [0.25, 0.3) is 0 Å². The Balaban J connectivity index is 1.81. The Kier molecular flexibility index (Phi) is 7.54. The first-order valence-corrected chi connectivity index (χ1v) is 10.6. The van der Waals surface area contributed by atoms with Gasteiger partial charge in [0.1, 0.15) is 17.5 Å². The number of alkyl halides is 7. The largest absolute Gasteiger partial charge is 0.488 e. The van der Waals surface area contributed by atoms with Gasteiger partial charge in [-0.1, -0.05) is 23.7 Å². The number of benzene rings is 2. The van der Waals surface area contributed by atoms with Crippen molar-refractivity contribution >= 4 is 23.2 Å². The molecule has 0 saturated carbocycles. The van der Waals surface area contributed by atoms with Gasteiger partial charge in [0.2, 0.25) is 0 Å². The van der Waals surface area contributed by atoms with Crippen LogP contribution in [0.3, 0.4) is 0 Å². The molecule has 0 aliphatic carbocycles. The van der Waals surface area contributed by atoms with Gasteiger partial charge in [-0.15, -0.1) is 0 Å². The van der Waals surface area contributed by atoms with Gasteiger partial charge in [0.25, 0.3) is 5.91 Å². The van der Waals surface area contributed by atoms with Crippen LogP contribution in [0.5, 0.6) is 5.75 Å². The van der Waals surface area contributed by atoms with Gasteiger partial charge >= 0.3 is 18.0 Å². The maximum atomic E-state index is 14.4. The molecule has 0 bridgehead atoms. The number of aromatic nitrogens is 1. The number of hydrogen-bond donors (Lipinski definition) is 1. The smallest absolute Gasteiger partial charge is 0.435 e. The molecule has 36 heavy (non-hydrogen) atoms. The fourth-order valence-corrected chi connectivity index (χ4v) is 3.72. The number of aryl methyl sites for hydroxylation is 2. The van der Waals surface area contributed by atoms with Gasteiger partial charge in [-0.3, -0.25) is 4.79 Å². The van der Waals surface area contributed by atoms with Gasteiger partial charge < -0.3 is 10.1 Å². The number of carbonyl (C=O) groups is 1. The number of nitrogens with zero attached hydrogens (tertiary/aromatic N) is 1. The summed E-state index contributed by atoms with van der Waals surface area (Å²) in [6.45, 7) is 2.29. The summed E-state index contributed by atoms with van der Waals surface area (Å²) >= 11 is 5.91. The highest BCUT2D eigenvalue weighted by atomic mass is 35.5. The average molecular weight is 535 g/mol. The summed E-state index contributed by atoms with van der Waals surface area (Å²) in [4.78, 5) is 16.2. The van der Waals surface area contributed by atoms with E-state index in [1.54, 1.807) is 24.3 Å². The Hall–Kier alpha value is -3.34. The molecular weight excluding hydrogens is 517 g/mol. The van der Waals surface area contributed by atoms with E-state index >= 15 is 0 Å². The molecule has 1 heterocycles. The predicted molar refractivity (Wildman–Crippen MR) is 119 cm³/mol. The fraction of sp³-hybridized carbons (Fsp3) is 0.250. The number of hydrogen-bond acceptors (Lipinski definition) is 3. The van der Waals surface area contributed by atoms with Gasteiger partial charge in [-0.25, -0.2) is 9.37 Å². The normalized spacial score (nSPS) is 12.4. The fourth-order valence-electron chi connectivity index (χ4n) is 3.51. The molecule has 1 aromatic heterocycles. The lowest BCUT2D eigenvalue weighted by atomic mass is 9.91. The molecule has 1 amide bonds. The topological polar surface area (TPSA) is 51.2 Å². The minimum Gasteiger partial charge on any atom is -0.488 e. The number of nitrogens with one attached hydrogen (secondary N) is 1. The Labute approximate surface area is 206 Å². The molecular formula is C24H18ClF7N2O2. The number of halogens is 8. The highest BCUT2D eigenvalue weighted by Crippen LogP contribution is 2.54. The van der Waals surface area contributed by atoms with E-state index in [9.17, 15) is 35.5 Å². The monoisotopic (exact) mass is 534 g/mol. The zero-order valence-electron chi connectivity index (χ0n) is 18.7. The number of anilines is 1. The Morgan fingerprint density at radius 3 is 2.11 bits per heavy atom. The third-order valence-corrected chi connectivity index (χ3v) is 5.51. The lowest BCUT2D eigenvalue weighted by Gasteiger charge is -2.31. The van der Waals surface area contributed by atoms with Crippen molar-refractivity contribution in [2.24, 2.45) is 0 Å². The second-order valence-corrected chi connectivity index (χ2v) is 8.24. The third-order valence-electron chi connectivity index (χ3n) is 5.21. The maximum Gasteiger partial charge on any atom is 0.435 e. The molecule has 0 unspecified atom stereocenters. The van der Waals surface area contributed by atoms with Gasteiger partial charge in [0.15, 0.2) is 0 Å². The molecule has 0 aliphatic heterocycles. The number of carbonyl (C=O) groups excluding carboxylic acids is 1. The maximum absolute atomic E-state index is 14.4. The van der Waals surface area contributed by atoms with E-state index in [2.05, 4.69) is 10.3 Å². The van der Waals surface area contributed by atoms with Crippen molar-refractivity contribution in [3.05, 3.63) is 87.7 Å². The van der Waals surface area contributed by atoms with Crippen LogP contribution in [0, 0.1) is 13.8 Å². The molecule has 2 aromatic carbocycles. The van der Waals surface area contributed by atoms with E-state index in [0.29, 0.717) is 23.4 Å². The molecule has 3 rings (SSSR count). The van der Waals surface area contributed by atoms with E-state index < -0.39 is 29.5 Å².